The fraction of sp³-hybridized carbons (Fsp3) is 0.320. The number of rotatable bonds is 4. The number of H-pyrrole nitrogens is 1. The van der Waals surface area contributed by atoms with Crippen LogP contribution in [0.25, 0.3) is 22.5 Å². The summed E-state index contributed by atoms with van der Waals surface area (Å²) in [6.45, 7) is 2.40. The second-order valence-electron chi connectivity index (χ2n) is 8.74. The highest BCUT2D eigenvalue weighted by molar-refractivity contribution is 5.91. The van der Waals surface area contributed by atoms with Gasteiger partial charge in [0.05, 0.1) is 24.5 Å². The van der Waals surface area contributed by atoms with Crippen LogP contribution in [0.5, 0.6) is 11.5 Å². The minimum absolute atomic E-state index is 0.144. The van der Waals surface area contributed by atoms with E-state index >= 15 is 0 Å². The number of cyclic esters (lactones) is 1. The van der Waals surface area contributed by atoms with Crippen LogP contribution in [0.4, 0.5) is 10.5 Å². The Balaban J connectivity index is 1.29. The van der Waals surface area contributed by atoms with Gasteiger partial charge < -0.3 is 19.5 Å². The molecule has 1 fully saturated rings. The SMILES string of the molecule is CC(=O)NC[C@H]1CN(c2ccc3c(c2)CCCc2c(-c4ccc5c(c4)OCO5)n[nH]c2-3)C(=O)O1. The number of aromatic nitrogens is 2. The Kier molecular flexibility index (Phi) is 4.90. The molecule has 9 heteroatoms. The highest BCUT2D eigenvalue weighted by Gasteiger charge is 2.33. The van der Waals surface area contributed by atoms with E-state index in [-0.39, 0.29) is 18.8 Å². The summed E-state index contributed by atoms with van der Waals surface area (Å²) in [5, 5.41) is 10.6. The van der Waals surface area contributed by atoms with Crippen LogP contribution in [-0.4, -0.2) is 48.2 Å². The summed E-state index contributed by atoms with van der Waals surface area (Å²) in [6, 6.07) is 12.0. The van der Waals surface area contributed by atoms with Crippen LogP contribution in [0.15, 0.2) is 36.4 Å². The second-order valence-corrected chi connectivity index (χ2v) is 8.74. The van der Waals surface area contributed by atoms with E-state index in [0.29, 0.717) is 13.1 Å². The molecule has 1 aliphatic carbocycles. The zero-order valence-corrected chi connectivity index (χ0v) is 18.7. The quantitative estimate of drug-likeness (QED) is 0.618. The van der Waals surface area contributed by atoms with Gasteiger partial charge in [-0.1, -0.05) is 6.07 Å². The number of nitrogens with zero attached hydrogens (tertiary/aromatic N) is 2. The molecule has 9 nitrogen and oxygen atoms in total. The fourth-order valence-corrected chi connectivity index (χ4v) is 4.86. The van der Waals surface area contributed by atoms with E-state index in [1.165, 1.54) is 12.5 Å². The van der Waals surface area contributed by atoms with Crippen LogP contribution in [0.2, 0.25) is 0 Å². The number of hydrogen-bond acceptors (Lipinski definition) is 6. The molecule has 0 saturated carbocycles. The van der Waals surface area contributed by atoms with Crippen molar-refractivity contribution < 1.29 is 23.8 Å². The van der Waals surface area contributed by atoms with Crippen molar-refractivity contribution >= 4 is 17.7 Å². The Morgan fingerprint density at radius 3 is 2.94 bits per heavy atom. The van der Waals surface area contributed by atoms with Gasteiger partial charge in [0.25, 0.3) is 0 Å². The molecule has 1 saturated heterocycles. The van der Waals surface area contributed by atoms with E-state index in [4.69, 9.17) is 14.2 Å². The van der Waals surface area contributed by atoms with Gasteiger partial charge in [-0.3, -0.25) is 14.8 Å². The lowest BCUT2D eigenvalue weighted by molar-refractivity contribution is -0.119. The Morgan fingerprint density at radius 2 is 2.06 bits per heavy atom. The molecular weight excluding hydrogens is 436 g/mol. The lowest BCUT2D eigenvalue weighted by Gasteiger charge is -2.16. The summed E-state index contributed by atoms with van der Waals surface area (Å²) in [7, 11) is 0. The van der Waals surface area contributed by atoms with Gasteiger partial charge in [0.15, 0.2) is 11.5 Å². The van der Waals surface area contributed by atoms with Crippen LogP contribution in [-0.2, 0) is 22.4 Å². The van der Waals surface area contributed by atoms with Gasteiger partial charge in [0.2, 0.25) is 12.7 Å². The number of hydrogen-bond donors (Lipinski definition) is 2. The molecule has 34 heavy (non-hydrogen) atoms. The highest BCUT2D eigenvalue weighted by Crippen LogP contribution is 2.41. The molecule has 174 valence electrons. The van der Waals surface area contributed by atoms with Gasteiger partial charge >= 0.3 is 6.09 Å². The zero-order valence-electron chi connectivity index (χ0n) is 18.7. The Labute approximate surface area is 196 Å². The molecule has 2 amide bonds. The molecule has 0 spiro atoms. The van der Waals surface area contributed by atoms with E-state index in [0.717, 1.165) is 64.5 Å². The summed E-state index contributed by atoms with van der Waals surface area (Å²) in [6.07, 6.45) is 2.00. The van der Waals surface area contributed by atoms with Gasteiger partial charge in [-0.15, -0.1) is 0 Å². The van der Waals surface area contributed by atoms with Crippen LogP contribution in [0.1, 0.15) is 24.5 Å². The van der Waals surface area contributed by atoms with Crippen molar-refractivity contribution in [2.45, 2.75) is 32.3 Å². The number of benzene rings is 2. The van der Waals surface area contributed by atoms with E-state index in [9.17, 15) is 9.59 Å². The minimum atomic E-state index is -0.392. The molecule has 3 aromatic rings. The molecule has 2 N–H and O–H groups in total. The fourth-order valence-electron chi connectivity index (χ4n) is 4.86. The Bertz CT molecular complexity index is 1300. The van der Waals surface area contributed by atoms with Crippen LogP contribution < -0.4 is 19.7 Å². The smallest absolute Gasteiger partial charge is 0.414 e. The van der Waals surface area contributed by atoms with Gasteiger partial charge in [-0.05, 0) is 55.2 Å². The molecule has 3 aliphatic rings. The molecular formula is C25H24N4O5. The van der Waals surface area contributed by atoms with Crippen molar-refractivity contribution in [3.8, 4) is 34.0 Å². The van der Waals surface area contributed by atoms with Crippen LogP contribution in [0, 0.1) is 0 Å². The monoisotopic (exact) mass is 460 g/mol. The van der Waals surface area contributed by atoms with Gasteiger partial charge in [0.1, 0.15) is 6.10 Å². The third kappa shape index (κ3) is 3.53. The highest BCUT2D eigenvalue weighted by atomic mass is 16.7. The number of anilines is 1. The van der Waals surface area contributed by atoms with E-state index in [1.54, 1.807) is 4.90 Å². The average Bonchev–Trinajstić information content (AvgIpc) is 3.53. The molecule has 2 aliphatic heterocycles. The number of carbonyl (C=O) groups is 2. The molecule has 1 atom stereocenters. The second kappa shape index (κ2) is 8.09. The van der Waals surface area contributed by atoms with Crippen molar-refractivity contribution in [3.63, 3.8) is 0 Å². The number of ether oxygens (including phenoxy) is 3. The molecule has 0 bridgehead atoms. The number of aryl methyl sites for hydroxylation is 1. The molecule has 6 rings (SSSR count). The number of amides is 2. The number of carbonyl (C=O) groups excluding carboxylic acids is 2. The first-order valence-electron chi connectivity index (χ1n) is 11.4. The number of aromatic amines is 1. The van der Waals surface area contributed by atoms with Crippen molar-refractivity contribution in [2.75, 3.05) is 24.8 Å². The van der Waals surface area contributed by atoms with Gasteiger partial charge in [-0.2, -0.15) is 5.10 Å². The Hall–Kier alpha value is -4.01. The largest absolute Gasteiger partial charge is 0.454 e. The lowest BCUT2D eigenvalue weighted by atomic mass is 9.99. The third-order valence-electron chi connectivity index (χ3n) is 6.51. The maximum Gasteiger partial charge on any atom is 0.414 e. The third-order valence-corrected chi connectivity index (χ3v) is 6.51. The van der Waals surface area contributed by atoms with E-state index in [1.807, 2.05) is 30.3 Å². The average molecular weight is 460 g/mol. The first kappa shape index (κ1) is 20.6. The molecule has 1 aromatic heterocycles. The molecule has 3 heterocycles. The Morgan fingerprint density at radius 1 is 1.18 bits per heavy atom. The molecule has 0 radical (unpaired) electrons. The van der Waals surface area contributed by atoms with Crippen molar-refractivity contribution in [3.05, 3.63) is 47.5 Å². The van der Waals surface area contributed by atoms with Gasteiger partial charge in [0, 0.05) is 29.3 Å². The lowest BCUT2D eigenvalue weighted by Crippen LogP contribution is -2.33. The van der Waals surface area contributed by atoms with E-state index in [2.05, 4.69) is 21.6 Å². The first-order chi connectivity index (χ1) is 16.6. The molecule has 2 aromatic carbocycles. The normalized spacial score (nSPS) is 18.2. The minimum Gasteiger partial charge on any atom is -0.454 e. The van der Waals surface area contributed by atoms with Gasteiger partial charge in [-0.25, -0.2) is 4.79 Å². The van der Waals surface area contributed by atoms with Crippen molar-refractivity contribution in [1.29, 1.82) is 0 Å². The van der Waals surface area contributed by atoms with Crippen LogP contribution in [0.3, 0.4) is 0 Å². The topological polar surface area (TPSA) is 106 Å². The first-order valence-corrected chi connectivity index (χ1v) is 11.4. The summed E-state index contributed by atoms with van der Waals surface area (Å²) in [4.78, 5) is 25.3. The summed E-state index contributed by atoms with van der Waals surface area (Å²) >= 11 is 0. The predicted octanol–water partition coefficient (Wildman–Crippen LogP) is 3.42. The zero-order chi connectivity index (χ0) is 23.2. The van der Waals surface area contributed by atoms with Crippen molar-refractivity contribution in [2.24, 2.45) is 0 Å². The van der Waals surface area contributed by atoms with Crippen molar-refractivity contribution in [1.82, 2.24) is 15.5 Å². The predicted molar refractivity (Wildman–Crippen MR) is 124 cm³/mol. The summed E-state index contributed by atoms with van der Waals surface area (Å²) < 4.78 is 16.4. The maximum absolute atomic E-state index is 12.5. The molecule has 0 unspecified atom stereocenters. The maximum atomic E-state index is 12.5. The van der Waals surface area contributed by atoms with E-state index < -0.39 is 6.09 Å². The summed E-state index contributed by atoms with van der Waals surface area (Å²) in [5.74, 6) is 1.35. The summed E-state index contributed by atoms with van der Waals surface area (Å²) in [5.41, 5.74) is 7.17. The van der Waals surface area contributed by atoms with Crippen LogP contribution >= 0.6 is 0 Å². The number of fused-ring (bicyclic) bond motifs is 4. The number of nitrogens with one attached hydrogen (secondary N) is 2. The standard InChI is InChI=1S/C25H24N4O5/c1-14(30)26-11-18-12-29(25(31)34-18)17-6-7-19-15(9-17)3-2-4-20-23(27-28-24(19)20)16-5-8-21-22(10-16)33-13-32-21/h5-10,18H,2-4,11-13H2,1H3,(H,26,30)(H,27,28)/t18-/m0/s1.